The summed E-state index contributed by atoms with van der Waals surface area (Å²) in [5.74, 6) is -0.0303. The van der Waals surface area contributed by atoms with Gasteiger partial charge in [-0.3, -0.25) is 4.79 Å². The molecule has 0 bridgehead atoms. The van der Waals surface area contributed by atoms with Gasteiger partial charge in [-0.2, -0.15) is 4.31 Å². The maximum atomic E-state index is 13.3. The maximum Gasteiger partial charge on any atom is 0.243 e. The number of nitrogens with zero attached hydrogens (tertiary/aromatic N) is 2. The molecule has 7 heteroatoms. The summed E-state index contributed by atoms with van der Waals surface area (Å²) in [5.41, 5.74) is 1.69. The molecular weight excluding hydrogens is 352 g/mol. The van der Waals surface area contributed by atoms with E-state index >= 15 is 0 Å². The first-order chi connectivity index (χ1) is 12.4. The van der Waals surface area contributed by atoms with Gasteiger partial charge in [0.1, 0.15) is 0 Å². The van der Waals surface area contributed by atoms with Gasteiger partial charge in [-0.15, -0.1) is 0 Å². The number of carbonyl (C=O) groups is 1. The highest BCUT2D eigenvalue weighted by molar-refractivity contribution is 7.89. The lowest BCUT2D eigenvalue weighted by Gasteiger charge is -2.36. The summed E-state index contributed by atoms with van der Waals surface area (Å²) >= 11 is 0. The van der Waals surface area contributed by atoms with Crippen LogP contribution in [-0.2, 0) is 21.2 Å². The fourth-order valence-corrected chi connectivity index (χ4v) is 5.94. The number of sulfonamides is 1. The lowest BCUT2D eigenvalue weighted by molar-refractivity contribution is -0.116. The van der Waals surface area contributed by atoms with Crippen molar-refractivity contribution in [2.24, 2.45) is 0 Å². The molecule has 1 aliphatic carbocycles. The van der Waals surface area contributed by atoms with Gasteiger partial charge in [0.2, 0.25) is 15.9 Å². The van der Waals surface area contributed by atoms with Gasteiger partial charge in [-0.25, -0.2) is 8.42 Å². The Kier molecular flexibility index (Phi) is 5.69. The van der Waals surface area contributed by atoms with Crippen LogP contribution in [0, 0.1) is 0 Å². The Morgan fingerprint density at radius 3 is 2.69 bits per heavy atom. The van der Waals surface area contributed by atoms with Crippen molar-refractivity contribution in [2.75, 3.05) is 18.0 Å². The van der Waals surface area contributed by atoms with Crippen LogP contribution in [0.5, 0.6) is 0 Å². The maximum absolute atomic E-state index is 13.3. The summed E-state index contributed by atoms with van der Waals surface area (Å²) < 4.78 is 28.1. The number of anilines is 1. The van der Waals surface area contributed by atoms with Crippen molar-refractivity contribution in [3.05, 3.63) is 23.8 Å². The van der Waals surface area contributed by atoms with Crippen LogP contribution >= 0.6 is 0 Å². The number of aliphatic hydroxyl groups excluding tert-OH is 1. The van der Waals surface area contributed by atoms with E-state index in [1.54, 1.807) is 23.1 Å². The van der Waals surface area contributed by atoms with E-state index in [1.807, 2.05) is 6.92 Å². The molecule has 1 N–H and O–H groups in total. The third kappa shape index (κ3) is 3.52. The molecule has 1 saturated carbocycles. The highest BCUT2D eigenvalue weighted by atomic mass is 32.2. The molecule has 1 amide bonds. The minimum Gasteiger partial charge on any atom is -0.391 e. The Morgan fingerprint density at radius 2 is 2.04 bits per heavy atom. The molecule has 0 spiro atoms. The molecule has 0 saturated heterocycles. The topological polar surface area (TPSA) is 77.9 Å². The van der Waals surface area contributed by atoms with Gasteiger partial charge >= 0.3 is 0 Å². The molecule has 0 radical (unpaired) electrons. The lowest BCUT2D eigenvalue weighted by atomic mass is 9.92. The first kappa shape index (κ1) is 19.3. The normalized spacial score (nSPS) is 23.3. The molecule has 144 valence electrons. The Labute approximate surface area is 155 Å². The van der Waals surface area contributed by atoms with Gasteiger partial charge in [0.25, 0.3) is 0 Å². The quantitative estimate of drug-likeness (QED) is 0.850. The van der Waals surface area contributed by atoms with E-state index in [1.165, 1.54) is 11.2 Å². The zero-order valence-corrected chi connectivity index (χ0v) is 16.3. The van der Waals surface area contributed by atoms with Crippen LogP contribution in [0.1, 0.15) is 51.5 Å². The van der Waals surface area contributed by atoms with Crippen molar-refractivity contribution in [3.8, 4) is 0 Å². The Balaban J connectivity index is 1.94. The van der Waals surface area contributed by atoms with Gasteiger partial charge in [0.15, 0.2) is 0 Å². The van der Waals surface area contributed by atoms with Crippen molar-refractivity contribution in [1.82, 2.24) is 4.31 Å². The number of carbonyl (C=O) groups excluding carboxylic acids is 1. The van der Waals surface area contributed by atoms with E-state index < -0.39 is 16.1 Å². The average molecular weight is 381 g/mol. The van der Waals surface area contributed by atoms with Crippen LogP contribution in [0.25, 0.3) is 0 Å². The van der Waals surface area contributed by atoms with E-state index in [9.17, 15) is 18.3 Å². The minimum absolute atomic E-state index is 0.0303. The van der Waals surface area contributed by atoms with Gasteiger partial charge < -0.3 is 10.0 Å². The molecule has 2 aliphatic rings. The fraction of sp³-hybridized carbons (Fsp3) is 0.632. The van der Waals surface area contributed by atoms with E-state index in [-0.39, 0.29) is 16.8 Å². The third-order valence-electron chi connectivity index (χ3n) is 5.44. The number of hydrogen-bond acceptors (Lipinski definition) is 4. The van der Waals surface area contributed by atoms with Crippen molar-refractivity contribution in [2.45, 2.75) is 69.4 Å². The molecule has 26 heavy (non-hydrogen) atoms. The standard InChI is InChI=1S/C19H28N2O4S/c1-3-11-21(18-6-4-5-7-19(18)23)26(24,25)16-8-9-17-15(13-16)10-12-20(17)14(2)22/h8-9,13,18-19,23H,3-7,10-12H2,1-2H3/t18-,19+/m0/s1. The van der Waals surface area contributed by atoms with E-state index in [0.29, 0.717) is 38.8 Å². The Morgan fingerprint density at radius 1 is 1.31 bits per heavy atom. The van der Waals surface area contributed by atoms with Crippen molar-refractivity contribution < 1.29 is 18.3 Å². The largest absolute Gasteiger partial charge is 0.391 e. The van der Waals surface area contributed by atoms with Crippen LogP contribution in [-0.4, -0.2) is 49.0 Å². The molecule has 1 heterocycles. The van der Waals surface area contributed by atoms with Gasteiger partial charge in [-0.05, 0) is 49.4 Å². The summed E-state index contributed by atoms with van der Waals surface area (Å²) in [4.78, 5) is 13.6. The van der Waals surface area contributed by atoms with Crippen molar-refractivity contribution in [1.29, 1.82) is 0 Å². The second-order valence-corrected chi connectivity index (χ2v) is 9.14. The van der Waals surface area contributed by atoms with Gasteiger partial charge in [0.05, 0.1) is 17.0 Å². The molecular formula is C19H28N2O4S. The molecule has 1 aliphatic heterocycles. The second-order valence-electron chi connectivity index (χ2n) is 7.25. The monoisotopic (exact) mass is 380 g/mol. The number of hydrogen-bond donors (Lipinski definition) is 1. The predicted molar refractivity (Wildman–Crippen MR) is 101 cm³/mol. The Hall–Kier alpha value is -1.44. The van der Waals surface area contributed by atoms with E-state index in [4.69, 9.17) is 0 Å². The SMILES string of the molecule is CCCN([C@H]1CCCC[C@H]1O)S(=O)(=O)c1ccc2c(c1)CCN2C(C)=O. The van der Waals surface area contributed by atoms with E-state index in [0.717, 1.165) is 24.1 Å². The molecule has 0 unspecified atom stereocenters. The van der Waals surface area contributed by atoms with Gasteiger partial charge in [0, 0.05) is 25.7 Å². The molecule has 2 atom stereocenters. The zero-order valence-electron chi connectivity index (χ0n) is 15.5. The number of amides is 1. The van der Waals surface area contributed by atoms with Crippen LogP contribution in [0.15, 0.2) is 23.1 Å². The summed E-state index contributed by atoms with van der Waals surface area (Å²) in [5, 5.41) is 10.4. The highest BCUT2D eigenvalue weighted by Gasteiger charge is 2.37. The van der Waals surface area contributed by atoms with Crippen LogP contribution in [0.3, 0.4) is 0 Å². The van der Waals surface area contributed by atoms with Gasteiger partial charge in [-0.1, -0.05) is 19.8 Å². The fourth-order valence-electron chi connectivity index (χ4n) is 4.11. The summed E-state index contributed by atoms with van der Waals surface area (Å²) in [6, 6.07) is 4.67. The summed E-state index contributed by atoms with van der Waals surface area (Å²) in [6.07, 6.45) is 3.99. The van der Waals surface area contributed by atoms with Crippen LogP contribution < -0.4 is 4.90 Å². The van der Waals surface area contributed by atoms with Crippen LogP contribution in [0.4, 0.5) is 5.69 Å². The number of fused-ring (bicyclic) bond motifs is 1. The van der Waals surface area contributed by atoms with Crippen molar-refractivity contribution >= 4 is 21.6 Å². The minimum atomic E-state index is -3.69. The summed E-state index contributed by atoms with van der Waals surface area (Å²) in [7, 11) is -3.69. The smallest absolute Gasteiger partial charge is 0.243 e. The number of benzene rings is 1. The zero-order chi connectivity index (χ0) is 18.9. The number of rotatable bonds is 5. The lowest BCUT2D eigenvalue weighted by Crippen LogP contribution is -2.48. The first-order valence-electron chi connectivity index (χ1n) is 9.47. The summed E-state index contributed by atoms with van der Waals surface area (Å²) in [6.45, 7) is 4.47. The first-order valence-corrected chi connectivity index (χ1v) is 10.9. The van der Waals surface area contributed by atoms with E-state index in [2.05, 4.69) is 0 Å². The van der Waals surface area contributed by atoms with Crippen molar-refractivity contribution in [3.63, 3.8) is 0 Å². The predicted octanol–water partition coefficient (Wildman–Crippen LogP) is 2.30. The van der Waals surface area contributed by atoms with Crippen LogP contribution in [0.2, 0.25) is 0 Å². The molecule has 1 aromatic carbocycles. The highest BCUT2D eigenvalue weighted by Crippen LogP contribution is 2.33. The molecule has 1 aromatic rings. The second kappa shape index (κ2) is 7.66. The molecule has 6 nitrogen and oxygen atoms in total. The molecule has 1 fully saturated rings. The average Bonchev–Trinajstić information content (AvgIpc) is 3.04. The Bertz CT molecular complexity index is 778. The third-order valence-corrected chi connectivity index (χ3v) is 7.36. The number of aliphatic hydroxyl groups is 1. The molecule has 3 rings (SSSR count). The molecule has 0 aromatic heterocycles.